The van der Waals surface area contributed by atoms with Crippen LogP contribution in [0.1, 0.15) is 5.56 Å². The van der Waals surface area contributed by atoms with Crippen molar-refractivity contribution in [2.75, 3.05) is 0 Å². The van der Waals surface area contributed by atoms with Crippen LogP contribution in [0.2, 0.25) is 0 Å². The van der Waals surface area contributed by atoms with Gasteiger partial charge in [-0.05, 0) is 48.5 Å². The molecule has 0 spiro atoms. The van der Waals surface area contributed by atoms with E-state index in [4.69, 9.17) is 0 Å². The Hall–Kier alpha value is -3.52. The summed E-state index contributed by atoms with van der Waals surface area (Å²) in [7, 11) is 0. The molecule has 7 nitrogen and oxygen atoms in total. The summed E-state index contributed by atoms with van der Waals surface area (Å²) in [5.41, 5.74) is 1.72. The monoisotopic (exact) mass is 390 g/mol. The molecule has 0 aliphatic heterocycles. The van der Waals surface area contributed by atoms with Gasteiger partial charge in [0, 0.05) is 12.3 Å². The minimum atomic E-state index is -0.493. The maximum atomic E-state index is 13.3. The number of nitro groups is 1. The van der Waals surface area contributed by atoms with Gasteiger partial charge in [0.05, 0.1) is 21.5 Å². The van der Waals surface area contributed by atoms with Gasteiger partial charge in [-0.25, -0.2) is 9.97 Å². The van der Waals surface area contributed by atoms with Gasteiger partial charge < -0.3 is 0 Å². The number of para-hydroxylation sites is 2. The van der Waals surface area contributed by atoms with E-state index in [1.807, 2.05) is 31.2 Å². The van der Waals surface area contributed by atoms with Crippen LogP contribution in [0.4, 0.5) is 5.69 Å². The molecule has 0 unspecified atom stereocenters. The van der Waals surface area contributed by atoms with Crippen LogP contribution in [-0.4, -0.2) is 19.5 Å². The Morgan fingerprint density at radius 2 is 1.79 bits per heavy atom. The lowest BCUT2D eigenvalue weighted by molar-refractivity contribution is -0.388. The molecule has 8 heteroatoms. The zero-order valence-corrected chi connectivity index (χ0v) is 15.6. The van der Waals surface area contributed by atoms with Crippen molar-refractivity contribution >= 4 is 28.4 Å². The molecule has 0 N–H and O–H groups in total. The number of aryl methyl sites for hydroxylation is 1. The molecule has 0 bridgehead atoms. The van der Waals surface area contributed by atoms with Crippen LogP contribution in [0.15, 0.2) is 81.8 Å². The average molecular weight is 390 g/mol. The van der Waals surface area contributed by atoms with Crippen LogP contribution in [-0.2, 0) is 0 Å². The third-order valence-electron chi connectivity index (χ3n) is 4.24. The fourth-order valence-corrected chi connectivity index (χ4v) is 3.84. The SMILES string of the molecule is Cc1ccccc1-n1c(Sc2ncccc2[N+](=O)[O-])nc2ccccc2c1=O. The summed E-state index contributed by atoms with van der Waals surface area (Å²) < 4.78 is 1.49. The summed E-state index contributed by atoms with van der Waals surface area (Å²) >= 11 is 1.00. The molecule has 0 radical (unpaired) electrons. The summed E-state index contributed by atoms with van der Waals surface area (Å²) in [6.45, 7) is 1.90. The highest BCUT2D eigenvalue weighted by Gasteiger charge is 2.21. The quantitative estimate of drug-likeness (QED) is 0.295. The number of hydrogen-bond acceptors (Lipinski definition) is 6. The second-order valence-corrected chi connectivity index (χ2v) is 6.98. The van der Waals surface area contributed by atoms with E-state index in [0.29, 0.717) is 21.7 Å². The molecule has 0 fully saturated rings. The predicted molar refractivity (Wildman–Crippen MR) is 107 cm³/mol. The van der Waals surface area contributed by atoms with Gasteiger partial charge in [-0.15, -0.1) is 0 Å². The first-order chi connectivity index (χ1) is 13.6. The maximum Gasteiger partial charge on any atom is 0.301 e. The largest absolute Gasteiger partial charge is 0.301 e. The summed E-state index contributed by atoms with van der Waals surface area (Å²) in [6, 6.07) is 17.4. The van der Waals surface area contributed by atoms with Gasteiger partial charge in [-0.3, -0.25) is 19.5 Å². The summed E-state index contributed by atoms with van der Waals surface area (Å²) in [5.74, 6) is 0. The van der Waals surface area contributed by atoms with Crippen LogP contribution in [0, 0.1) is 17.0 Å². The highest BCUT2D eigenvalue weighted by Crippen LogP contribution is 2.33. The number of pyridine rings is 1. The van der Waals surface area contributed by atoms with Crippen molar-refractivity contribution in [2.45, 2.75) is 17.1 Å². The molecule has 0 saturated heterocycles. The minimum Gasteiger partial charge on any atom is -0.268 e. The zero-order valence-electron chi connectivity index (χ0n) is 14.8. The van der Waals surface area contributed by atoms with Gasteiger partial charge in [0.25, 0.3) is 5.56 Å². The fourth-order valence-electron chi connectivity index (χ4n) is 2.89. The summed E-state index contributed by atoms with van der Waals surface area (Å²) in [5, 5.41) is 12.3. The van der Waals surface area contributed by atoms with Gasteiger partial charge in [0.15, 0.2) is 10.2 Å². The van der Waals surface area contributed by atoms with Crippen molar-refractivity contribution in [1.82, 2.24) is 14.5 Å². The first kappa shape index (κ1) is 17.9. The van der Waals surface area contributed by atoms with E-state index >= 15 is 0 Å². The average Bonchev–Trinajstić information content (AvgIpc) is 2.69. The van der Waals surface area contributed by atoms with Crippen LogP contribution >= 0.6 is 11.8 Å². The minimum absolute atomic E-state index is 0.133. The molecule has 0 saturated carbocycles. The smallest absolute Gasteiger partial charge is 0.268 e. The van der Waals surface area contributed by atoms with E-state index in [1.165, 1.54) is 22.9 Å². The highest BCUT2D eigenvalue weighted by atomic mass is 32.2. The Morgan fingerprint density at radius 1 is 1.04 bits per heavy atom. The number of aromatic nitrogens is 3. The Labute approximate surface area is 163 Å². The Kier molecular flexibility index (Phi) is 4.62. The fraction of sp³-hybridized carbons (Fsp3) is 0.0500. The lowest BCUT2D eigenvalue weighted by Gasteiger charge is -2.14. The molecular weight excluding hydrogens is 376 g/mol. The second-order valence-electron chi connectivity index (χ2n) is 6.03. The normalized spacial score (nSPS) is 10.9. The van der Waals surface area contributed by atoms with Crippen molar-refractivity contribution in [1.29, 1.82) is 0 Å². The third-order valence-corrected chi connectivity index (χ3v) is 5.20. The summed E-state index contributed by atoms with van der Waals surface area (Å²) in [6.07, 6.45) is 1.48. The molecular formula is C20H14N4O3S. The molecule has 138 valence electrons. The Bertz CT molecular complexity index is 1270. The van der Waals surface area contributed by atoms with Crippen molar-refractivity contribution < 1.29 is 4.92 Å². The molecule has 4 rings (SSSR count). The standard InChI is InChI=1S/C20H14N4O3S/c1-13-7-2-5-10-16(13)23-19(25)14-8-3-4-9-15(14)22-20(23)28-18-17(24(26)27)11-6-12-21-18/h2-12H,1H3. The number of fused-ring (bicyclic) bond motifs is 1. The van der Waals surface area contributed by atoms with E-state index in [2.05, 4.69) is 9.97 Å². The van der Waals surface area contributed by atoms with Gasteiger partial charge in [-0.2, -0.15) is 0 Å². The van der Waals surface area contributed by atoms with Crippen LogP contribution in [0.5, 0.6) is 0 Å². The topological polar surface area (TPSA) is 90.9 Å². The van der Waals surface area contributed by atoms with Gasteiger partial charge >= 0.3 is 5.69 Å². The van der Waals surface area contributed by atoms with Crippen molar-refractivity contribution in [2.24, 2.45) is 0 Å². The maximum absolute atomic E-state index is 13.3. The van der Waals surface area contributed by atoms with Crippen LogP contribution in [0.3, 0.4) is 0 Å². The first-order valence-corrected chi connectivity index (χ1v) is 9.23. The zero-order chi connectivity index (χ0) is 19.7. The van der Waals surface area contributed by atoms with Crippen molar-refractivity contribution in [3.05, 3.63) is 92.9 Å². The molecule has 0 aliphatic carbocycles. The molecule has 4 aromatic rings. The first-order valence-electron chi connectivity index (χ1n) is 8.41. The van der Waals surface area contributed by atoms with Crippen LogP contribution < -0.4 is 5.56 Å². The Balaban J connectivity index is 2.00. The molecule has 0 aliphatic rings. The molecule has 2 heterocycles. The van der Waals surface area contributed by atoms with Crippen molar-refractivity contribution in [3.63, 3.8) is 0 Å². The van der Waals surface area contributed by atoms with Gasteiger partial charge in [0.2, 0.25) is 0 Å². The lowest BCUT2D eigenvalue weighted by Crippen LogP contribution is -2.22. The van der Waals surface area contributed by atoms with Gasteiger partial charge in [0.1, 0.15) is 0 Å². The number of nitrogens with zero attached hydrogens (tertiary/aromatic N) is 4. The molecule has 2 aromatic heterocycles. The third kappa shape index (κ3) is 3.14. The van der Waals surface area contributed by atoms with E-state index in [9.17, 15) is 14.9 Å². The molecule has 28 heavy (non-hydrogen) atoms. The van der Waals surface area contributed by atoms with Gasteiger partial charge in [-0.1, -0.05) is 30.3 Å². The molecule has 2 aromatic carbocycles. The lowest BCUT2D eigenvalue weighted by atomic mass is 10.2. The molecule has 0 amide bonds. The summed E-state index contributed by atoms with van der Waals surface area (Å²) in [4.78, 5) is 32.9. The van der Waals surface area contributed by atoms with Crippen LogP contribution in [0.25, 0.3) is 16.6 Å². The highest BCUT2D eigenvalue weighted by molar-refractivity contribution is 7.99. The number of rotatable bonds is 4. The van der Waals surface area contributed by atoms with E-state index in [1.54, 1.807) is 24.3 Å². The Morgan fingerprint density at radius 3 is 2.57 bits per heavy atom. The van der Waals surface area contributed by atoms with E-state index in [0.717, 1.165) is 17.3 Å². The van der Waals surface area contributed by atoms with E-state index < -0.39 is 4.92 Å². The number of hydrogen-bond donors (Lipinski definition) is 0. The molecule has 0 atom stereocenters. The van der Waals surface area contributed by atoms with Crippen molar-refractivity contribution in [3.8, 4) is 5.69 Å². The van der Waals surface area contributed by atoms with E-state index in [-0.39, 0.29) is 16.3 Å². The predicted octanol–water partition coefficient (Wildman–Crippen LogP) is 4.15. The number of benzene rings is 2. The second kappa shape index (κ2) is 7.24.